The molecule has 0 bridgehead atoms. The van der Waals surface area contributed by atoms with Gasteiger partial charge in [0.1, 0.15) is 0 Å². The summed E-state index contributed by atoms with van der Waals surface area (Å²) in [5.74, 6) is -0.953. The lowest BCUT2D eigenvalue weighted by molar-refractivity contribution is -0.114. The maximum atomic E-state index is 12.5. The van der Waals surface area contributed by atoms with Crippen molar-refractivity contribution in [3.63, 3.8) is 0 Å². The molecule has 1 saturated heterocycles. The van der Waals surface area contributed by atoms with Crippen molar-refractivity contribution in [3.05, 3.63) is 77.7 Å². The Kier molecular flexibility index (Phi) is 5.56. The number of hydrazone groups is 1. The number of furan rings is 1. The van der Waals surface area contributed by atoms with Gasteiger partial charge in [-0.1, -0.05) is 24.6 Å². The van der Waals surface area contributed by atoms with Crippen molar-refractivity contribution in [1.29, 1.82) is 0 Å². The van der Waals surface area contributed by atoms with Gasteiger partial charge in [0.25, 0.3) is 11.8 Å². The van der Waals surface area contributed by atoms with Gasteiger partial charge in [0, 0.05) is 23.2 Å². The summed E-state index contributed by atoms with van der Waals surface area (Å²) in [4.78, 5) is 27.3. The zero-order valence-corrected chi connectivity index (χ0v) is 17.6. The van der Waals surface area contributed by atoms with Crippen molar-refractivity contribution < 1.29 is 14.0 Å². The second-order valence-corrected chi connectivity index (χ2v) is 8.16. The van der Waals surface area contributed by atoms with E-state index in [0.717, 1.165) is 36.4 Å². The van der Waals surface area contributed by atoms with Crippen molar-refractivity contribution in [2.75, 3.05) is 18.5 Å². The maximum absolute atomic E-state index is 12.5. The lowest BCUT2D eigenvalue weighted by Gasteiger charge is -2.26. The van der Waals surface area contributed by atoms with E-state index in [2.05, 4.69) is 32.9 Å². The molecule has 3 aromatic rings. The third kappa shape index (κ3) is 4.20. The Morgan fingerprint density at radius 1 is 0.906 bits per heavy atom. The van der Waals surface area contributed by atoms with Gasteiger partial charge in [0.2, 0.25) is 0 Å². The van der Waals surface area contributed by atoms with E-state index in [0.29, 0.717) is 11.1 Å². The minimum absolute atomic E-state index is 0.169. The lowest BCUT2D eigenvalue weighted by atomic mass is 9.94. The summed E-state index contributed by atoms with van der Waals surface area (Å²) in [6.45, 7) is 3.26. The van der Waals surface area contributed by atoms with E-state index in [9.17, 15) is 9.59 Å². The molecule has 2 N–H and O–H groups in total. The molecule has 1 fully saturated rings. The molecule has 7 heteroatoms. The summed E-state index contributed by atoms with van der Waals surface area (Å²) in [7, 11) is 0. The largest absolute Gasteiger partial charge is 0.472 e. The van der Waals surface area contributed by atoms with E-state index in [-0.39, 0.29) is 5.71 Å². The average molecular weight is 428 g/mol. The first kappa shape index (κ1) is 20.2. The number of amides is 2. The highest BCUT2D eigenvalue weighted by atomic mass is 16.3. The van der Waals surface area contributed by atoms with Crippen LogP contribution in [0.2, 0.25) is 0 Å². The number of nitrogens with zero attached hydrogens (tertiary/aromatic N) is 2. The standard InChI is InChI=1S/C25H24N4O3/c30-24-21-9-6-18(19-10-13-32-16-19)14-22(21)23(25(31)26-24)28-27-20-7-4-17(5-8-20)15-29-11-2-1-3-12-29/h4-10,13-14,16,27H,1-3,11-12,15H2,(H,26,30,31). The third-order valence-corrected chi connectivity index (χ3v) is 5.92. The fraction of sp³-hybridized carbons (Fsp3) is 0.240. The number of hydrogen-bond acceptors (Lipinski definition) is 6. The number of fused-ring (bicyclic) bond motifs is 1. The van der Waals surface area contributed by atoms with Gasteiger partial charge in [-0.25, -0.2) is 0 Å². The molecular formula is C25H24N4O3. The molecule has 0 aliphatic carbocycles. The van der Waals surface area contributed by atoms with E-state index < -0.39 is 11.8 Å². The third-order valence-electron chi connectivity index (χ3n) is 5.92. The normalized spacial score (nSPS) is 17.8. The molecule has 2 aromatic carbocycles. The van der Waals surface area contributed by atoms with Gasteiger partial charge in [0.15, 0.2) is 5.71 Å². The molecule has 0 spiro atoms. The Morgan fingerprint density at radius 3 is 2.47 bits per heavy atom. The minimum Gasteiger partial charge on any atom is -0.472 e. The highest BCUT2D eigenvalue weighted by Crippen LogP contribution is 2.25. The number of imide groups is 1. The molecule has 2 aliphatic heterocycles. The quantitative estimate of drug-likeness (QED) is 0.474. The van der Waals surface area contributed by atoms with Crippen LogP contribution in [-0.4, -0.2) is 35.5 Å². The monoisotopic (exact) mass is 428 g/mol. The summed E-state index contributed by atoms with van der Waals surface area (Å²) in [5, 5.41) is 6.70. The summed E-state index contributed by atoms with van der Waals surface area (Å²) < 4.78 is 5.15. The molecule has 0 atom stereocenters. The van der Waals surface area contributed by atoms with Crippen LogP contribution in [0.1, 0.15) is 40.7 Å². The second-order valence-electron chi connectivity index (χ2n) is 8.16. The number of likely N-dealkylation sites (tertiary alicyclic amines) is 1. The van der Waals surface area contributed by atoms with Crippen LogP contribution in [0.5, 0.6) is 0 Å². The maximum Gasteiger partial charge on any atom is 0.279 e. The van der Waals surface area contributed by atoms with E-state index >= 15 is 0 Å². The van der Waals surface area contributed by atoms with Gasteiger partial charge >= 0.3 is 0 Å². The number of nitrogens with one attached hydrogen (secondary N) is 2. The van der Waals surface area contributed by atoms with Crippen LogP contribution >= 0.6 is 0 Å². The molecule has 7 nitrogen and oxygen atoms in total. The van der Waals surface area contributed by atoms with E-state index in [1.54, 1.807) is 24.7 Å². The van der Waals surface area contributed by atoms with Crippen molar-refractivity contribution >= 4 is 23.2 Å². The van der Waals surface area contributed by atoms with Crippen LogP contribution in [0.25, 0.3) is 11.1 Å². The summed E-state index contributed by atoms with van der Waals surface area (Å²) in [6.07, 6.45) is 7.06. The van der Waals surface area contributed by atoms with Crippen LogP contribution < -0.4 is 10.7 Å². The lowest BCUT2D eigenvalue weighted by Crippen LogP contribution is -2.42. The molecule has 5 rings (SSSR count). The average Bonchev–Trinajstić information content (AvgIpc) is 3.35. The predicted molar refractivity (Wildman–Crippen MR) is 122 cm³/mol. The number of rotatable bonds is 5. The van der Waals surface area contributed by atoms with Crippen LogP contribution in [0, 0.1) is 0 Å². The van der Waals surface area contributed by atoms with E-state index in [1.807, 2.05) is 24.3 Å². The second kappa shape index (κ2) is 8.80. The minimum atomic E-state index is -0.527. The van der Waals surface area contributed by atoms with Crippen LogP contribution in [0.3, 0.4) is 0 Å². The number of piperidine rings is 1. The van der Waals surface area contributed by atoms with Crippen LogP contribution in [0.4, 0.5) is 5.69 Å². The topological polar surface area (TPSA) is 86.9 Å². The SMILES string of the molecule is O=C1NC(=O)c2ccc(-c3ccoc3)cc2C1=NNc1ccc(CN2CCCCC2)cc1. The summed E-state index contributed by atoms with van der Waals surface area (Å²) in [6, 6.07) is 15.2. The van der Waals surface area contributed by atoms with Gasteiger partial charge in [0.05, 0.1) is 18.2 Å². The molecule has 2 amide bonds. The summed E-state index contributed by atoms with van der Waals surface area (Å²) in [5.41, 5.74) is 7.77. The Hall–Kier alpha value is -3.71. The Bertz CT molecular complexity index is 1160. The Labute approximate surface area is 186 Å². The zero-order valence-electron chi connectivity index (χ0n) is 17.6. The van der Waals surface area contributed by atoms with Gasteiger partial charge in [-0.2, -0.15) is 5.10 Å². The number of anilines is 1. The first-order valence-corrected chi connectivity index (χ1v) is 10.8. The number of carbonyl (C=O) groups excluding carboxylic acids is 2. The van der Waals surface area contributed by atoms with Gasteiger partial charge < -0.3 is 4.42 Å². The molecule has 32 heavy (non-hydrogen) atoms. The molecule has 1 aromatic heterocycles. The number of carbonyl (C=O) groups is 2. The van der Waals surface area contributed by atoms with Crippen molar-refractivity contribution in [2.45, 2.75) is 25.8 Å². The zero-order chi connectivity index (χ0) is 21.9. The van der Waals surface area contributed by atoms with Gasteiger partial charge in [-0.05, 0) is 67.4 Å². The molecule has 0 radical (unpaired) electrons. The highest BCUT2D eigenvalue weighted by molar-refractivity contribution is 6.51. The Morgan fingerprint density at radius 2 is 1.72 bits per heavy atom. The molecule has 2 aliphatic rings. The fourth-order valence-corrected chi connectivity index (χ4v) is 4.19. The van der Waals surface area contributed by atoms with Crippen molar-refractivity contribution in [3.8, 4) is 11.1 Å². The highest BCUT2D eigenvalue weighted by Gasteiger charge is 2.29. The molecular weight excluding hydrogens is 404 g/mol. The van der Waals surface area contributed by atoms with Gasteiger partial charge in [-0.15, -0.1) is 0 Å². The molecule has 0 saturated carbocycles. The number of hydrogen-bond donors (Lipinski definition) is 2. The molecule has 0 unspecified atom stereocenters. The smallest absolute Gasteiger partial charge is 0.279 e. The number of benzene rings is 2. The Balaban J connectivity index is 1.36. The fourth-order valence-electron chi connectivity index (χ4n) is 4.19. The van der Waals surface area contributed by atoms with Crippen LogP contribution in [-0.2, 0) is 11.3 Å². The van der Waals surface area contributed by atoms with Crippen molar-refractivity contribution in [1.82, 2.24) is 10.2 Å². The molecule has 162 valence electrons. The van der Waals surface area contributed by atoms with Gasteiger partial charge in [-0.3, -0.25) is 25.2 Å². The molecule has 3 heterocycles. The predicted octanol–water partition coefficient (Wildman–Crippen LogP) is 4.02. The first-order chi connectivity index (χ1) is 15.7. The first-order valence-electron chi connectivity index (χ1n) is 10.8. The summed E-state index contributed by atoms with van der Waals surface area (Å²) >= 11 is 0. The van der Waals surface area contributed by atoms with E-state index in [1.165, 1.54) is 24.8 Å². The van der Waals surface area contributed by atoms with Crippen LogP contribution in [0.15, 0.2) is 70.6 Å². The van der Waals surface area contributed by atoms with Crippen molar-refractivity contribution in [2.24, 2.45) is 5.10 Å². The van der Waals surface area contributed by atoms with E-state index in [4.69, 9.17) is 4.42 Å².